The minimum absolute atomic E-state index is 0.329. The summed E-state index contributed by atoms with van der Waals surface area (Å²) in [5, 5.41) is 0. The third-order valence-corrected chi connectivity index (χ3v) is 3.15. The van der Waals surface area contributed by atoms with E-state index in [4.69, 9.17) is 15.2 Å². The van der Waals surface area contributed by atoms with Crippen LogP contribution in [0.5, 0.6) is 0 Å². The van der Waals surface area contributed by atoms with Crippen molar-refractivity contribution in [2.45, 2.75) is 25.2 Å². The largest absolute Gasteiger partial charge is 0.356 e. The van der Waals surface area contributed by atoms with E-state index in [2.05, 4.69) is 15.9 Å². The van der Waals surface area contributed by atoms with Crippen LogP contribution in [0.2, 0.25) is 0 Å². The molecule has 0 saturated carbocycles. The van der Waals surface area contributed by atoms with E-state index in [1.807, 2.05) is 0 Å². The maximum absolute atomic E-state index is 13.7. The van der Waals surface area contributed by atoms with E-state index in [0.29, 0.717) is 12.0 Å². The lowest BCUT2D eigenvalue weighted by Gasteiger charge is -2.29. The molecule has 2 N–H and O–H groups in total. The van der Waals surface area contributed by atoms with Gasteiger partial charge in [-0.25, -0.2) is 4.39 Å². The zero-order valence-electron chi connectivity index (χ0n) is 10.2. The third-order valence-electron chi connectivity index (χ3n) is 2.66. The van der Waals surface area contributed by atoms with E-state index in [1.165, 1.54) is 20.3 Å². The molecular weight excluding hydrogens is 289 g/mol. The van der Waals surface area contributed by atoms with Gasteiger partial charge in [0.25, 0.3) is 0 Å². The molecule has 0 aliphatic rings. The number of hydrogen-bond acceptors (Lipinski definition) is 3. The Hall–Kier alpha value is -0.490. The number of nitrogens with two attached hydrogens (primary N) is 1. The number of benzene rings is 1. The maximum atomic E-state index is 13.7. The Morgan fingerprint density at radius 3 is 2.53 bits per heavy atom. The summed E-state index contributed by atoms with van der Waals surface area (Å²) in [5.74, 6) is -0.329. The van der Waals surface area contributed by atoms with Gasteiger partial charge < -0.3 is 15.2 Å². The molecule has 1 atom stereocenters. The summed E-state index contributed by atoms with van der Waals surface area (Å²) in [5.41, 5.74) is 5.72. The van der Waals surface area contributed by atoms with E-state index >= 15 is 0 Å². The summed E-state index contributed by atoms with van der Waals surface area (Å²) in [6.45, 7) is 1.75. The molecule has 17 heavy (non-hydrogen) atoms. The second-order valence-electron chi connectivity index (χ2n) is 4.15. The minimum Gasteiger partial charge on any atom is -0.356 e. The zero-order chi connectivity index (χ0) is 13.1. The van der Waals surface area contributed by atoms with Crippen molar-refractivity contribution in [1.29, 1.82) is 0 Å². The molecule has 1 rings (SSSR count). The molecule has 0 fully saturated rings. The topological polar surface area (TPSA) is 44.5 Å². The summed E-state index contributed by atoms with van der Waals surface area (Å²) >= 11 is 3.30. The van der Waals surface area contributed by atoms with Gasteiger partial charge in [0.1, 0.15) is 5.82 Å². The van der Waals surface area contributed by atoms with Crippen LogP contribution >= 0.6 is 15.9 Å². The molecule has 1 aromatic rings. The zero-order valence-corrected chi connectivity index (χ0v) is 11.8. The molecule has 0 saturated heterocycles. The van der Waals surface area contributed by atoms with Gasteiger partial charge in [-0.2, -0.15) is 0 Å². The van der Waals surface area contributed by atoms with Gasteiger partial charge in [0.15, 0.2) is 6.29 Å². The molecule has 0 spiro atoms. The first-order valence-electron chi connectivity index (χ1n) is 5.20. The highest BCUT2D eigenvalue weighted by atomic mass is 79.9. The predicted octanol–water partition coefficient (Wildman–Crippen LogP) is 2.77. The first-order valence-corrected chi connectivity index (χ1v) is 6.00. The van der Waals surface area contributed by atoms with Gasteiger partial charge >= 0.3 is 0 Å². The second-order valence-corrected chi connectivity index (χ2v) is 5.06. The van der Waals surface area contributed by atoms with Crippen molar-refractivity contribution >= 4 is 15.9 Å². The number of ether oxygens (including phenoxy) is 2. The number of hydrogen-bond donors (Lipinski definition) is 1. The lowest BCUT2D eigenvalue weighted by Crippen LogP contribution is -2.39. The van der Waals surface area contributed by atoms with Crippen molar-refractivity contribution in [1.82, 2.24) is 0 Å². The molecule has 0 aliphatic heterocycles. The number of methoxy groups -OCH3 is 2. The predicted molar refractivity (Wildman–Crippen MR) is 68.1 cm³/mol. The molecule has 0 heterocycles. The van der Waals surface area contributed by atoms with Crippen LogP contribution in [0.3, 0.4) is 0 Å². The van der Waals surface area contributed by atoms with E-state index in [0.717, 1.165) is 4.47 Å². The summed E-state index contributed by atoms with van der Waals surface area (Å²) in [4.78, 5) is 0. The average Bonchev–Trinajstić information content (AvgIpc) is 2.29. The Balaban J connectivity index is 2.99. The van der Waals surface area contributed by atoms with Crippen LogP contribution in [-0.2, 0) is 15.0 Å². The maximum Gasteiger partial charge on any atom is 0.158 e. The van der Waals surface area contributed by atoms with Gasteiger partial charge in [0, 0.05) is 36.2 Å². The van der Waals surface area contributed by atoms with Crippen LogP contribution < -0.4 is 5.73 Å². The van der Waals surface area contributed by atoms with Gasteiger partial charge in [0.05, 0.1) is 0 Å². The smallest absolute Gasteiger partial charge is 0.158 e. The van der Waals surface area contributed by atoms with Gasteiger partial charge in [-0.3, -0.25) is 0 Å². The summed E-state index contributed by atoms with van der Waals surface area (Å²) < 4.78 is 24.7. The number of rotatable bonds is 5. The Morgan fingerprint density at radius 2 is 2.00 bits per heavy atom. The third kappa shape index (κ3) is 3.74. The SMILES string of the molecule is COC(CC(C)(N)c1cc(Br)ccc1F)OC. The lowest BCUT2D eigenvalue weighted by atomic mass is 9.89. The van der Waals surface area contributed by atoms with Crippen molar-refractivity contribution in [3.8, 4) is 0 Å². The van der Waals surface area contributed by atoms with Crippen molar-refractivity contribution in [2.24, 2.45) is 5.73 Å². The number of halogens is 2. The highest BCUT2D eigenvalue weighted by Gasteiger charge is 2.28. The normalized spacial score (nSPS) is 15.0. The summed E-state index contributed by atoms with van der Waals surface area (Å²) in [6.07, 6.45) is -0.0868. The van der Waals surface area contributed by atoms with Gasteiger partial charge in [-0.15, -0.1) is 0 Å². The molecule has 96 valence electrons. The Bertz CT molecular complexity index is 381. The van der Waals surface area contributed by atoms with E-state index in [9.17, 15) is 4.39 Å². The first kappa shape index (κ1) is 14.6. The molecule has 0 aromatic heterocycles. The van der Waals surface area contributed by atoms with Crippen molar-refractivity contribution in [2.75, 3.05) is 14.2 Å². The minimum atomic E-state index is -0.857. The molecule has 5 heteroatoms. The molecule has 0 aliphatic carbocycles. The molecule has 1 aromatic carbocycles. The van der Waals surface area contributed by atoms with E-state index < -0.39 is 11.8 Å². The fraction of sp³-hybridized carbons (Fsp3) is 0.500. The van der Waals surface area contributed by atoms with Crippen molar-refractivity contribution in [3.05, 3.63) is 34.1 Å². The van der Waals surface area contributed by atoms with E-state index in [1.54, 1.807) is 19.1 Å². The van der Waals surface area contributed by atoms with Crippen LogP contribution in [-0.4, -0.2) is 20.5 Å². The molecular formula is C12H17BrFNO2. The highest BCUT2D eigenvalue weighted by molar-refractivity contribution is 9.10. The molecule has 1 unspecified atom stereocenters. The fourth-order valence-corrected chi connectivity index (χ4v) is 2.02. The van der Waals surface area contributed by atoms with Crippen LogP contribution in [0, 0.1) is 5.82 Å². The fourth-order valence-electron chi connectivity index (χ4n) is 1.65. The molecule has 3 nitrogen and oxygen atoms in total. The highest BCUT2D eigenvalue weighted by Crippen LogP contribution is 2.29. The Morgan fingerprint density at radius 1 is 1.41 bits per heavy atom. The van der Waals surface area contributed by atoms with Crippen LogP contribution in [0.4, 0.5) is 4.39 Å². The summed E-state index contributed by atoms with van der Waals surface area (Å²) in [7, 11) is 3.06. The lowest BCUT2D eigenvalue weighted by molar-refractivity contribution is -0.116. The standard InChI is InChI=1S/C12H17BrFNO2/c1-12(15,7-11(16-2)17-3)9-6-8(13)4-5-10(9)14/h4-6,11H,7,15H2,1-3H3. The van der Waals surface area contributed by atoms with Crippen LogP contribution in [0.15, 0.2) is 22.7 Å². The molecule has 0 amide bonds. The quantitative estimate of drug-likeness (QED) is 0.851. The van der Waals surface area contributed by atoms with Crippen molar-refractivity contribution < 1.29 is 13.9 Å². The van der Waals surface area contributed by atoms with Gasteiger partial charge in [0.2, 0.25) is 0 Å². The Kier molecular flexibility index (Phi) is 5.06. The average molecular weight is 306 g/mol. The summed E-state index contributed by atoms with van der Waals surface area (Å²) in [6, 6.07) is 4.70. The monoisotopic (exact) mass is 305 g/mol. The first-order chi connectivity index (χ1) is 7.90. The molecule has 0 bridgehead atoms. The van der Waals surface area contributed by atoms with Crippen molar-refractivity contribution in [3.63, 3.8) is 0 Å². The van der Waals surface area contributed by atoms with Gasteiger partial charge in [-0.1, -0.05) is 15.9 Å². The Labute approximate surface area is 109 Å². The van der Waals surface area contributed by atoms with E-state index in [-0.39, 0.29) is 5.82 Å². The molecule has 0 radical (unpaired) electrons. The van der Waals surface area contributed by atoms with Crippen LogP contribution in [0.25, 0.3) is 0 Å². The second kappa shape index (κ2) is 5.91. The van der Waals surface area contributed by atoms with Crippen LogP contribution in [0.1, 0.15) is 18.9 Å². The van der Waals surface area contributed by atoms with Gasteiger partial charge in [-0.05, 0) is 25.1 Å².